The summed E-state index contributed by atoms with van der Waals surface area (Å²) in [7, 11) is -3.08. The Balaban J connectivity index is 1.60. The number of carbonyl (C=O) groups excluding carboxylic acids is 1. The Morgan fingerprint density at radius 2 is 1.61 bits per heavy atom. The first kappa shape index (κ1) is 20.6. The molecule has 0 aromatic heterocycles. The second-order valence-electron chi connectivity index (χ2n) is 7.71. The molecule has 0 radical (unpaired) electrons. The maximum atomic E-state index is 12.5. The van der Waals surface area contributed by atoms with Crippen LogP contribution < -0.4 is 10.2 Å². The van der Waals surface area contributed by atoms with E-state index < -0.39 is 9.84 Å². The highest BCUT2D eigenvalue weighted by atomic mass is 32.2. The van der Waals surface area contributed by atoms with Crippen molar-refractivity contribution in [3.8, 4) is 0 Å². The second-order valence-corrected chi connectivity index (χ2v) is 9.85. The van der Waals surface area contributed by atoms with Gasteiger partial charge in [-0.3, -0.25) is 4.79 Å². The molecule has 1 heterocycles. The molecular formula is C22H29N2O3S+. The SMILES string of the molecule is CS(=O)(=O)Cc1ccc(C(=O)NCc2ccccc2C[NH+]2CCCCC2)cc1. The van der Waals surface area contributed by atoms with Crippen molar-refractivity contribution in [3.63, 3.8) is 0 Å². The fourth-order valence-corrected chi connectivity index (χ4v) is 4.53. The number of rotatable bonds is 7. The molecule has 5 nitrogen and oxygen atoms in total. The summed E-state index contributed by atoms with van der Waals surface area (Å²) in [5.74, 6) is -0.160. The number of likely N-dealkylation sites (tertiary alicyclic amines) is 1. The van der Waals surface area contributed by atoms with Crippen LogP contribution in [0.4, 0.5) is 0 Å². The third-order valence-corrected chi connectivity index (χ3v) is 6.06. The normalized spacial score (nSPS) is 15.3. The van der Waals surface area contributed by atoms with Crippen LogP contribution in [0.15, 0.2) is 48.5 Å². The van der Waals surface area contributed by atoms with Gasteiger partial charge in [-0.05, 0) is 42.5 Å². The quantitative estimate of drug-likeness (QED) is 0.743. The van der Waals surface area contributed by atoms with Gasteiger partial charge in [0, 0.05) is 23.9 Å². The smallest absolute Gasteiger partial charge is 0.251 e. The van der Waals surface area contributed by atoms with Gasteiger partial charge in [-0.2, -0.15) is 0 Å². The number of sulfone groups is 1. The highest BCUT2D eigenvalue weighted by Gasteiger charge is 2.16. The monoisotopic (exact) mass is 401 g/mol. The fraction of sp³-hybridized carbons (Fsp3) is 0.409. The van der Waals surface area contributed by atoms with E-state index in [1.54, 1.807) is 29.2 Å². The van der Waals surface area contributed by atoms with Crippen LogP contribution in [-0.4, -0.2) is 33.7 Å². The molecule has 0 aliphatic carbocycles. The molecule has 0 bridgehead atoms. The van der Waals surface area contributed by atoms with Gasteiger partial charge in [0.05, 0.1) is 18.8 Å². The van der Waals surface area contributed by atoms with E-state index >= 15 is 0 Å². The Bertz CT molecular complexity index is 902. The summed E-state index contributed by atoms with van der Waals surface area (Å²) in [5, 5.41) is 2.99. The maximum absolute atomic E-state index is 12.5. The Hall–Kier alpha value is -2.18. The van der Waals surface area contributed by atoms with E-state index in [-0.39, 0.29) is 11.7 Å². The van der Waals surface area contributed by atoms with Gasteiger partial charge in [0.1, 0.15) is 6.54 Å². The average molecular weight is 402 g/mol. The summed E-state index contributed by atoms with van der Waals surface area (Å²) in [6, 6.07) is 15.1. The van der Waals surface area contributed by atoms with Crippen LogP contribution in [0.3, 0.4) is 0 Å². The van der Waals surface area contributed by atoms with Crippen molar-refractivity contribution >= 4 is 15.7 Å². The lowest BCUT2D eigenvalue weighted by molar-refractivity contribution is -0.918. The molecule has 2 aromatic rings. The van der Waals surface area contributed by atoms with E-state index in [0.717, 1.165) is 12.1 Å². The first-order chi connectivity index (χ1) is 13.4. The molecule has 1 fully saturated rings. The topological polar surface area (TPSA) is 67.7 Å². The van der Waals surface area contributed by atoms with Gasteiger partial charge in [0.2, 0.25) is 0 Å². The number of amides is 1. The van der Waals surface area contributed by atoms with E-state index in [1.807, 2.05) is 6.07 Å². The number of hydrogen-bond donors (Lipinski definition) is 2. The standard InChI is InChI=1S/C22H28N2O3S/c1-28(26,27)17-18-9-11-19(12-10-18)22(25)23-15-20-7-3-4-8-21(20)16-24-13-5-2-6-14-24/h3-4,7-12H,2,5-6,13-17H2,1H3,(H,23,25)/p+1. The van der Waals surface area contributed by atoms with Crippen molar-refractivity contribution < 1.29 is 18.1 Å². The highest BCUT2D eigenvalue weighted by Crippen LogP contribution is 2.11. The molecular weight excluding hydrogens is 372 g/mol. The number of quaternary nitrogens is 1. The molecule has 0 atom stereocenters. The van der Waals surface area contributed by atoms with Gasteiger partial charge in [-0.1, -0.05) is 36.4 Å². The number of nitrogens with one attached hydrogen (secondary N) is 2. The summed E-state index contributed by atoms with van der Waals surface area (Å²) < 4.78 is 22.7. The molecule has 1 amide bonds. The lowest BCUT2D eigenvalue weighted by Crippen LogP contribution is -3.11. The second kappa shape index (κ2) is 9.34. The van der Waals surface area contributed by atoms with E-state index in [2.05, 4.69) is 23.5 Å². The van der Waals surface area contributed by atoms with Crippen LogP contribution in [-0.2, 0) is 28.7 Å². The Morgan fingerprint density at radius 1 is 0.964 bits per heavy atom. The molecule has 1 aliphatic rings. The van der Waals surface area contributed by atoms with Crippen molar-refractivity contribution in [3.05, 3.63) is 70.8 Å². The van der Waals surface area contributed by atoms with Gasteiger partial charge in [0.25, 0.3) is 5.91 Å². The fourth-order valence-electron chi connectivity index (χ4n) is 3.73. The van der Waals surface area contributed by atoms with E-state index in [0.29, 0.717) is 17.7 Å². The van der Waals surface area contributed by atoms with Gasteiger partial charge >= 0.3 is 0 Å². The number of piperidine rings is 1. The van der Waals surface area contributed by atoms with Crippen LogP contribution in [0.1, 0.15) is 46.3 Å². The lowest BCUT2D eigenvalue weighted by Gasteiger charge is -2.24. The Kier molecular flexibility index (Phi) is 6.86. The van der Waals surface area contributed by atoms with Crippen molar-refractivity contribution in [2.45, 2.75) is 38.1 Å². The van der Waals surface area contributed by atoms with Crippen molar-refractivity contribution in [2.75, 3.05) is 19.3 Å². The summed E-state index contributed by atoms with van der Waals surface area (Å²) in [4.78, 5) is 14.1. The van der Waals surface area contributed by atoms with E-state index in [1.165, 1.54) is 44.2 Å². The zero-order valence-electron chi connectivity index (χ0n) is 16.4. The summed E-state index contributed by atoms with van der Waals surface area (Å²) in [6.45, 7) is 3.95. The minimum Gasteiger partial charge on any atom is -0.348 e. The minimum atomic E-state index is -3.08. The maximum Gasteiger partial charge on any atom is 0.251 e. The van der Waals surface area contributed by atoms with Crippen LogP contribution in [0.2, 0.25) is 0 Å². The van der Waals surface area contributed by atoms with Gasteiger partial charge < -0.3 is 10.2 Å². The number of hydrogen-bond acceptors (Lipinski definition) is 3. The molecule has 28 heavy (non-hydrogen) atoms. The van der Waals surface area contributed by atoms with Crippen LogP contribution >= 0.6 is 0 Å². The molecule has 2 N–H and O–H groups in total. The highest BCUT2D eigenvalue weighted by molar-refractivity contribution is 7.89. The third kappa shape index (κ3) is 6.17. The first-order valence-corrected chi connectivity index (χ1v) is 11.9. The molecule has 0 unspecified atom stereocenters. The number of benzene rings is 2. The van der Waals surface area contributed by atoms with Crippen molar-refractivity contribution in [2.24, 2.45) is 0 Å². The van der Waals surface area contributed by atoms with Gasteiger partial charge in [-0.15, -0.1) is 0 Å². The zero-order chi connectivity index (χ0) is 20.0. The predicted molar refractivity (Wildman–Crippen MR) is 111 cm³/mol. The molecule has 1 aliphatic heterocycles. The van der Waals surface area contributed by atoms with Crippen LogP contribution in [0, 0.1) is 0 Å². The lowest BCUT2D eigenvalue weighted by atomic mass is 10.0. The molecule has 2 aromatic carbocycles. The van der Waals surface area contributed by atoms with Gasteiger partial charge in [0.15, 0.2) is 9.84 Å². The minimum absolute atomic E-state index is 0.0128. The van der Waals surface area contributed by atoms with Crippen LogP contribution in [0.5, 0.6) is 0 Å². The third-order valence-electron chi connectivity index (χ3n) is 5.20. The van der Waals surface area contributed by atoms with E-state index in [9.17, 15) is 13.2 Å². The molecule has 0 spiro atoms. The molecule has 3 rings (SSSR count). The van der Waals surface area contributed by atoms with Gasteiger partial charge in [-0.25, -0.2) is 8.42 Å². The molecule has 0 saturated carbocycles. The summed E-state index contributed by atoms with van der Waals surface area (Å²) >= 11 is 0. The largest absolute Gasteiger partial charge is 0.348 e. The van der Waals surface area contributed by atoms with Crippen LogP contribution in [0.25, 0.3) is 0 Å². The van der Waals surface area contributed by atoms with Crippen molar-refractivity contribution in [1.29, 1.82) is 0 Å². The molecule has 1 saturated heterocycles. The average Bonchev–Trinajstić information content (AvgIpc) is 2.67. The first-order valence-electron chi connectivity index (χ1n) is 9.86. The van der Waals surface area contributed by atoms with Crippen molar-refractivity contribution in [1.82, 2.24) is 5.32 Å². The molecule has 6 heteroatoms. The summed E-state index contributed by atoms with van der Waals surface area (Å²) in [5.41, 5.74) is 3.68. The Labute approximate surface area is 167 Å². The zero-order valence-corrected chi connectivity index (χ0v) is 17.2. The number of carbonyl (C=O) groups is 1. The molecule has 150 valence electrons. The predicted octanol–water partition coefficient (Wildman–Crippen LogP) is 1.73. The van der Waals surface area contributed by atoms with E-state index in [4.69, 9.17) is 0 Å². The Morgan fingerprint density at radius 3 is 2.25 bits per heavy atom. The summed E-state index contributed by atoms with van der Waals surface area (Å²) in [6.07, 6.45) is 5.13.